The summed E-state index contributed by atoms with van der Waals surface area (Å²) in [5.74, 6) is 1.82. The molecule has 0 amide bonds. The van der Waals surface area contributed by atoms with Crippen molar-refractivity contribution in [3.8, 4) is 45.3 Å². The van der Waals surface area contributed by atoms with Crippen molar-refractivity contribution in [2.24, 2.45) is 7.05 Å². The van der Waals surface area contributed by atoms with E-state index in [-0.39, 0.29) is 0 Å². The molecule has 0 unspecified atom stereocenters. The lowest BCUT2D eigenvalue weighted by atomic mass is 10.0. The minimum Gasteiger partial charge on any atom is -0.312 e. The molecule has 9 aromatic rings. The number of pyridine rings is 1. The number of aryl methyl sites for hydroxylation is 2. The Kier molecular flexibility index (Phi) is 7.43. The van der Waals surface area contributed by atoms with Crippen LogP contribution in [-0.2, 0) is 7.05 Å². The van der Waals surface area contributed by atoms with E-state index in [1.807, 2.05) is 19.3 Å². The molecule has 0 saturated heterocycles. The van der Waals surface area contributed by atoms with Crippen LogP contribution in [0.5, 0.6) is 0 Å². The Bertz CT molecular complexity index is 2670. The maximum Gasteiger partial charge on any atom is 0.162 e. The van der Waals surface area contributed by atoms with E-state index >= 15 is 0 Å². The van der Waals surface area contributed by atoms with E-state index in [0.717, 1.165) is 85.3 Å². The maximum absolute atomic E-state index is 5.23. The summed E-state index contributed by atoms with van der Waals surface area (Å²) in [6, 6.07) is 47.0. The number of fused-ring (bicyclic) bond motifs is 4. The summed E-state index contributed by atoms with van der Waals surface area (Å²) in [5.41, 5.74) is 12.7. The summed E-state index contributed by atoms with van der Waals surface area (Å²) in [6.45, 7) is 4.24. The zero-order valence-electron chi connectivity index (χ0n) is 28.8. The van der Waals surface area contributed by atoms with Crippen molar-refractivity contribution in [2.75, 3.05) is 0 Å². The van der Waals surface area contributed by atoms with Gasteiger partial charge in [0.15, 0.2) is 5.65 Å². The third-order valence-electron chi connectivity index (χ3n) is 9.80. The second-order valence-corrected chi connectivity index (χ2v) is 12.9. The highest BCUT2D eigenvalue weighted by Gasteiger charge is 2.19. The molecule has 6 nitrogen and oxygen atoms in total. The van der Waals surface area contributed by atoms with Gasteiger partial charge in [-0.2, -0.15) is 0 Å². The minimum atomic E-state index is 0.849. The van der Waals surface area contributed by atoms with Crippen LogP contribution in [0.2, 0.25) is 0 Å². The van der Waals surface area contributed by atoms with Gasteiger partial charge in [0.2, 0.25) is 0 Å². The first kappa shape index (κ1) is 30.5. The van der Waals surface area contributed by atoms with Crippen molar-refractivity contribution in [1.82, 2.24) is 28.7 Å². The summed E-state index contributed by atoms with van der Waals surface area (Å²) in [5, 5.41) is 2.45. The summed E-state index contributed by atoms with van der Waals surface area (Å²) in [4.78, 5) is 15.0. The van der Waals surface area contributed by atoms with Crippen molar-refractivity contribution >= 4 is 39.0 Å². The highest BCUT2D eigenvalue weighted by molar-refractivity contribution is 6.10. The summed E-state index contributed by atoms with van der Waals surface area (Å²) in [6.07, 6.45) is 7.23. The highest BCUT2D eigenvalue weighted by Crippen LogP contribution is 2.36. The monoisotopic (exact) mass is 660 g/mol. The topological polar surface area (TPSA) is 53.5 Å². The van der Waals surface area contributed by atoms with Gasteiger partial charge in [-0.3, -0.25) is 4.57 Å². The lowest BCUT2D eigenvalue weighted by molar-refractivity contribution is 0.942. The van der Waals surface area contributed by atoms with Crippen molar-refractivity contribution in [2.45, 2.75) is 20.3 Å². The molecule has 4 heterocycles. The van der Waals surface area contributed by atoms with Crippen LogP contribution in [0.15, 0.2) is 146 Å². The van der Waals surface area contributed by atoms with Gasteiger partial charge in [-0.05, 0) is 60.9 Å². The molecule has 51 heavy (non-hydrogen) atoms. The Labute approximate surface area is 296 Å². The molecular weight excluding hydrogens is 625 g/mol. The van der Waals surface area contributed by atoms with E-state index in [9.17, 15) is 0 Å². The predicted octanol–water partition coefficient (Wildman–Crippen LogP) is 11.0. The molecule has 4 aromatic heterocycles. The van der Waals surface area contributed by atoms with Crippen LogP contribution in [0.4, 0.5) is 0 Å². The molecule has 0 aliphatic carbocycles. The Morgan fingerprint density at radius 3 is 1.84 bits per heavy atom. The van der Waals surface area contributed by atoms with Crippen molar-refractivity contribution in [1.29, 1.82) is 0 Å². The standard InChI is InChI=1S/C45H36N6/c1-4-5-17-38-30(2)47-44(33-13-7-6-8-14-33)50(38)35-26-24-32(25-27-35)31-20-22-34(23-21-31)43-48-42-41(28-29-46-45(42)49(43)3)51-39-18-11-9-15-36(39)37-16-10-12-19-40(37)51/h5-29H,4H2,1-3H3/b17-5-. The molecule has 0 aliphatic rings. The fourth-order valence-electron chi connectivity index (χ4n) is 7.31. The van der Waals surface area contributed by atoms with Crippen LogP contribution in [0.3, 0.4) is 0 Å². The summed E-state index contributed by atoms with van der Waals surface area (Å²) < 4.78 is 6.67. The number of aromatic nitrogens is 6. The van der Waals surface area contributed by atoms with Crippen LogP contribution >= 0.6 is 0 Å². The van der Waals surface area contributed by atoms with Gasteiger partial charge in [-0.25, -0.2) is 15.0 Å². The molecule has 0 aliphatic heterocycles. The number of para-hydroxylation sites is 2. The van der Waals surface area contributed by atoms with Gasteiger partial charge in [0.25, 0.3) is 0 Å². The van der Waals surface area contributed by atoms with Crippen LogP contribution in [-0.4, -0.2) is 28.7 Å². The lowest BCUT2D eigenvalue weighted by Gasteiger charge is -2.12. The van der Waals surface area contributed by atoms with E-state index in [1.54, 1.807) is 0 Å². The molecule has 0 radical (unpaired) electrons. The number of rotatable bonds is 7. The van der Waals surface area contributed by atoms with Crippen LogP contribution < -0.4 is 0 Å². The van der Waals surface area contributed by atoms with E-state index in [2.05, 4.69) is 167 Å². The fourth-order valence-corrected chi connectivity index (χ4v) is 7.31. The molecule has 0 spiro atoms. The number of hydrogen-bond acceptors (Lipinski definition) is 3. The average molecular weight is 661 g/mol. The number of benzene rings is 5. The Hall–Kier alpha value is -6.53. The van der Waals surface area contributed by atoms with Crippen molar-refractivity contribution < 1.29 is 0 Å². The smallest absolute Gasteiger partial charge is 0.162 e. The zero-order chi connectivity index (χ0) is 34.5. The Balaban J connectivity index is 1.07. The quantitative estimate of drug-likeness (QED) is 0.171. The van der Waals surface area contributed by atoms with E-state index < -0.39 is 0 Å². The van der Waals surface area contributed by atoms with Crippen LogP contribution in [0.25, 0.3) is 84.3 Å². The third kappa shape index (κ3) is 5.07. The fraction of sp³-hybridized carbons (Fsp3) is 0.0889. The highest BCUT2D eigenvalue weighted by atomic mass is 15.1. The first-order valence-electron chi connectivity index (χ1n) is 17.4. The van der Waals surface area contributed by atoms with Gasteiger partial charge < -0.3 is 9.13 Å². The maximum atomic E-state index is 5.23. The van der Waals surface area contributed by atoms with Gasteiger partial charge in [-0.15, -0.1) is 0 Å². The predicted molar refractivity (Wildman–Crippen MR) is 210 cm³/mol. The van der Waals surface area contributed by atoms with E-state index in [0.29, 0.717) is 0 Å². The van der Waals surface area contributed by atoms with Gasteiger partial charge in [-0.1, -0.05) is 116 Å². The number of imidazole rings is 2. The molecule has 9 rings (SSSR count). The molecule has 0 fully saturated rings. The third-order valence-corrected chi connectivity index (χ3v) is 9.80. The van der Waals surface area contributed by atoms with Gasteiger partial charge in [0.05, 0.1) is 28.1 Å². The molecular formula is C45H36N6. The van der Waals surface area contributed by atoms with Crippen molar-refractivity contribution in [3.05, 3.63) is 157 Å². The zero-order valence-corrected chi connectivity index (χ0v) is 28.8. The average Bonchev–Trinajstić information content (AvgIpc) is 3.83. The molecule has 6 heteroatoms. The number of hydrogen-bond donors (Lipinski definition) is 0. The van der Waals surface area contributed by atoms with Crippen LogP contribution in [0, 0.1) is 6.92 Å². The van der Waals surface area contributed by atoms with Gasteiger partial charge in [0, 0.05) is 40.8 Å². The second-order valence-electron chi connectivity index (χ2n) is 12.9. The molecule has 0 atom stereocenters. The summed E-state index contributed by atoms with van der Waals surface area (Å²) in [7, 11) is 2.05. The normalized spacial score (nSPS) is 11.8. The Morgan fingerprint density at radius 2 is 1.18 bits per heavy atom. The van der Waals surface area contributed by atoms with Gasteiger partial charge in [0.1, 0.15) is 17.2 Å². The van der Waals surface area contributed by atoms with E-state index in [4.69, 9.17) is 15.0 Å². The second kappa shape index (κ2) is 12.4. The SMILES string of the molecule is CC/C=C\c1c(C)nc(-c2ccccc2)n1-c1ccc(-c2ccc(-c3nc4c(-n5c6ccccc6c6ccccc65)ccnc4n3C)cc2)cc1. The minimum absolute atomic E-state index is 0.849. The van der Waals surface area contributed by atoms with Crippen LogP contribution in [0.1, 0.15) is 24.7 Å². The molecule has 5 aromatic carbocycles. The van der Waals surface area contributed by atoms with E-state index in [1.165, 1.54) is 10.8 Å². The Morgan fingerprint density at radius 1 is 0.588 bits per heavy atom. The first-order valence-corrected chi connectivity index (χ1v) is 17.4. The summed E-state index contributed by atoms with van der Waals surface area (Å²) >= 11 is 0. The number of nitrogens with zero attached hydrogens (tertiary/aromatic N) is 6. The molecule has 0 saturated carbocycles. The van der Waals surface area contributed by atoms with Gasteiger partial charge >= 0.3 is 0 Å². The largest absolute Gasteiger partial charge is 0.312 e. The lowest BCUT2D eigenvalue weighted by Crippen LogP contribution is -2.00. The molecule has 0 bridgehead atoms. The number of allylic oxidation sites excluding steroid dienone is 1. The molecule has 246 valence electrons. The first-order chi connectivity index (χ1) is 25.1. The van der Waals surface area contributed by atoms with Crippen molar-refractivity contribution in [3.63, 3.8) is 0 Å². The molecule has 0 N–H and O–H groups in total.